The number of carbonyl (C=O) groups is 3. The topological polar surface area (TPSA) is 155 Å². The molecule has 0 atom stereocenters. The first kappa shape index (κ1) is 29.6. The van der Waals surface area contributed by atoms with E-state index in [0.29, 0.717) is 52.7 Å². The molecule has 0 aromatic heterocycles. The fraction of sp³-hybridized carbons (Fsp3) is 0.684. The Hall–Kier alpha value is -2.61. The molecule has 11 heteroatoms. The van der Waals surface area contributed by atoms with E-state index in [1.54, 1.807) is 0 Å². The lowest BCUT2D eigenvalue weighted by atomic mass is 10.2. The predicted octanol–water partition coefficient (Wildman–Crippen LogP) is -0.567. The number of carbonyl (C=O) groups excluding carboxylic acids is 4. The minimum Gasteiger partial charge on any atom is -0.481 e. The Kier molecular flexibility index (Phi) is 24.1. The molecule has 2 N–H and O–H groups in total. The molecule has 0 heterocycles. The molecule has 11 nitrogen and oxygen atoms in total. The second kappa shape index (κ2) is 24.4. The molecular weight excluding hydrogens is 402 g/mol. The van der Waals surface area contributed by atoms with Crippen molar-refractivity contribution in [1.82, 2.24) is 5.32 Å². The van der Waals surface area contributed by atoms with Crippen molar-refractivity contribution in [2.24, 2.45) is 0 Å². The summed E-state index contributed by atoms with van der Waals surface area (Å²) in [4.78, 5) is 49.3. The standard InChI is InChI=1S/C18H29NO8.CO2/c1-2-24-9-3-4-16(20)5-6-17(21)19-8-11-26-13-15-27-14-12-25-10-7-18(22)23;2-1-3/h2-4,7-15H2,1H3,(H,19,21)(H,22,23);. The van der Waals surface area contributed by atoms with E-state index < -0.39 is 11.9 Å². The maximum Gasteiger partial charge on any atom is 0.373 e. The van der Waals surface area contributed by atoms with Crippen LogP contribution < -0.4 is 5.32 Å². The maximum atomic E-state index is 11.4. The second-order valence-corrected chi connectivity index (χ2v) is 5.29. The molecule has 0 aromatic rings. The normalized spacial score (nSPS) is 9.37. The number of ether oxygens (including phenoxy) is 4. The minimum absolute atomic E-state index is 0.0265. The fourth-order valence-corrected chi connectivity index (χ4v) is 1.65. The van der Waals surface area contributed by atoms with Crippen LogP contribution in [0.15, 0.2) is 0 Å². The van der Waals surface area contributed by atoms with E-state index >= 15 is 0 Å². The zero-order valence-electron chi connectivity index (χ0n) is 17.1. The van der Waals surface area contributed by atoms with Crippen LogP contribution in [0.3, 0.4) is 0 Å². The van der Waals surface area contributed by atoms with Gasteiger partial charge in [0.1, 0.15) is 0 Å². The van der Waals surface area contributed by atoms with Gasteiger partial charge in [-0.1, -0.05) is 0 Å². The third kappa shape index (κ3) is 27.6. The molecule has 0 aromatic carbocycles. The van der Waals surface area contributed by atoms with Crippen LogP contribution in [0.25, 0.3) is 0 Å². The summed E-state index contributed by atoms with van der Waals surface area (Å²) in [6.07, 6.45) is 1.09. The van der Waals surface area contributed by atoms with E-state index in [1.165, 1.54) is 0 Å². The Morgan fingerprint density at radius 2 is 1.37 bits per heavy atom. The van der Waals surface area contributed by atoms with Gasteiger partial charge in [-0.2, -0.15) is 9.59 Å². The average molecular weight is 431 g/mol. The van der Waals surface area contributed by atoms with E-state index in [2.05, 4.69) is 17.2 Å². The summed E-state index contributed by atoms with van der Waals surface area (Å²) in [7, 11) is 0. The lowest BCUT2D eigenvalue weighted by Gasteiger charge is -2.06. The Labute approximate surface area is 175 Å². The number of carboxylic acid groups (broad SMARTS) is 1. The summed E-state index contributed by atoms with van der Waals surface area (Å²) in [5.74, 6) is 2.83. The summed E-state index contributed by atoms with van der Waals surface area (Å²) in [5, 5.41) is 10.9. The number of amides is 1. The number of aliphatic carboxylic acids is 1. The number of nitrogens with one attached hydrogen (secondary N) is 1. The number of rotatable bonds is 17. The largest absolute Gasteiger partial charge is 0.481 e. The molecule has 0 saturated carbocycles. The van der Waals surface area contributed by atoms with Crippen molar-refractivity contribution in [3.63, 3.8) is 0 Å². The van der Waals surface area contributed by atoms with Crippen molar-refractivity contribution >= 4 is 23.8 Å². The Balaban J connectivity index is 0. The minimum atomic E-state index is -0.897. The molecule has 0 unspecified atom stereocenters. The summed E-state index contributed by atoms with van der Waals surface area (Å²) in [6.45, 7) is 5.15. The van der Waals surface area contributed by atoms with Gasteiger partial charge < -0.3 is 29.4 Å². The van der Waals surface area contributed by atoms with Gasteiger partial charge in [-0.25, -0.2) is 0 Å². The number of Topliss-reactive ketones (excluding diaryl/α,β-unsaturated/α-hetero) is 1. The fourth-order valence-electron chi connectivity index (χ4n) is 1.65. The van der Waals surface area contributed by atoms with Crippen molar-refractivity contribution in [2.45, 2.75) is 26.2 Å². The molecule has 0 aliphatic carbocycles. The van der Waals surface area contributed by atoms with Gasteiger partial charge in [0.2, 0.25) is 5.78 Å². The molecule has 0 aliphatic rings. The van der Waals surface area contributed by atoms with Crippen LogP contribution in [0.4, 0.5) is 0 Å². The summed E-state index contributed by atoms with van der Waals surface area (Å²) >= 11 is 0. The molecule has 0 radical (unpaired) electrons. The van der Waals surface area contributed by atoms with Gasteiger partial charge in [-0.05, 0) is 19.3 Å². The highest BCUT2D eigenvalue weighted by atomic mass is 16.5. The van der Waals surface area contributed by atoms with Gasteiger partial charge in [-0.15, -0.1) is 0 Å². The highest BCUT2D eigenvalue weighted by Gasteiger charge is 1.99. The van der Waals surface area contributed by atoms with E-state index in [-0.39, 0.29) is 37.9 Å². The summed E-state index contributed by atoms with van der Waals surface area (Å²) < 4.78 is 20.6. The van der Waals surface area contributed by atoms with Crippen molar-refractivity contribution in [2.75, 3.05) is 59.4 Å². The van der Waals surface area contributed by atoms with Crippen LogP contribution in [0.1, 0.15) is 26.2 Å². The average Bonchev–Trinajstić information content (AvgIpc) is 2.71. The third-order valence-electron chi connectivity index (χ3n) is 2.95. The first-order valence-electron chi connectivity index (χ1n) is 9.32. The Morgan fingerprint density at radius 3 is 1.93 bits per heavy atom. The molecule has 0 spiro atoms. The van der Waals surface area contributed by atoms with Crippen molar-refractivity contribution < 1.29 is 48.0 Å². The van der Waals surface area contributed by atoms with Gasteiger partial charge in [0.15, 0.2) is 0 Å². The predicted molar refractivity (Wildman–Crippen MR) is 101 cm³/mol. The van der Waals surface area contributed by atoms with Gasteiger partial charge in [-0.3, -0.25) is 14.4 Å². The summed E-state index contributed by atoms with van der Waals surface area (Å²) in [6, 6.07) is 0. The molecule has 0 fully saturated rings. The highest BCUT2D eigenvalue weighted by Crippen LogP contribution is 1.91. The molecule has 170 valence electrons. The smallest absolute Gasteiger partial charge is 0.373 e. The van der Waals surface area contributed by atoms with Crippen LogP contribution in [-0.4, -0.2) is 88.3 Å². The van der Waals surface area contributed by atoms with Crippen LogP contribution >= 0.6 is 0 Å². The number of carboxylic acids is 1. The van der Waals surface area contributed by atoms with E-state index in [0.717, 1.165) is 0 Å². The number of ketones is 1. The monoisotopic (exact) mass is 431 g/mol. The quantitative estimate of drug-likeness (QED) is 0.174. The first-order chi connectivity index (χ1) is 14.5. The van der Waals surface area contributed by atoms with Crippen LogP contribution in [-0.2, 0) is 42.9 Å². The SMILES string of the molecule is CCOCCCC(=O)C#CC(=O)NCCOCCOCCOCCC(=O)O.O=C=O. The van der Waals surface area contributed by atoms with Crippen LogP contribution in [0.2, 0.25) is 0 Å². The van der Waals surface area contributed by atoms with E-state index in [9.17, 15) is 14.4 Å². The Morgan fingerprint density at radius 1 is 0.800 bits per heavy atom. The van der Waals surface area contributed by atoms with Crippen molar-refractivity contribution in [3.05, 3.63) is 0 Å². The third-order valence-corrected chi connectivity index (χ3v) is 2.95. The Bertz CT molecular complexity index is 561. The molecule has 30 heavy (non-hydrogen) atoms. The number of hydrogen-bond donors (Lipinski definition) is 2. The van der Waals surface area contributed by atoms with Crippen LogP contribution in [0.5, 0.6) is 0 Å². The lowest BCUT2D eigenvalue weighted by molar-refractivity contribution is -0.191. The van der Waals surface area contributed by atoms with E-state index in [1.807, 2.05) is 6.92 Å². The van der Waals surface area contributed by atoms with Crippen LogP contribution in [0, 0.1) is 11.8 Å². The van der Waals surface area contributed by atoms with Gasteiger partial charge in [0.05, 0.1) is 46.1 Å². The molecule has 0 saturated heterocycles. The highest BCUT2D eigenvalue weighted by molar-refractivity contribution is 6.03. The summed E-state index contributed by atoms with van der Waals surface area (Å²) in [5.41, 5.74) is 0. The number of hydrogen-bond acceptors (Lipinski definition) is 9. The van der Waals surface area contributed by atoms with Gasteiger partial charge in [0.25, 0.3) is 5.91 Å². The molecule has 0 bridgehead atoms. The zero-order chi connectivity index (χ0) is 22.9. The second-order valence-electron chi connectivity index (χ2n) is 5.29. The van der Waals surface area contributed by atoms with Gasteiger partial charge >= 0.3 is 12.1 Å². The lowest BCUT2D eigenvalue weighted by Crippen LogP contribution is -2.26. The molecule has 1 amide bonds. The zero-order valence-corrected chi connectivity index (χ0v) is 17.1. The molecule has 0 aliphatic heterocycles. The maximum absolute atomic E-state index is 11.4. The molecule has 0 rings (SSSR count). The van der Waals surface area contributed by atoms with Crippen molar-refractivity contribution in [3.8, 4) is 11.8 Å². The van der Waals surface area contributed by atoms with E-state index in [4.69, 9.17) is 33.6 Å². The van der Waals surface area contributed by atoms with Gasteiger partial charge in [0, 0.05) is 32.1 Å². The van der Waals surface area contributed by atoms with Crippen molar-refractivity contribution in [1.29, 1.82) is 0 Å². The molecular formula is C19H29NO10. The first-order valence-corrected chi connectivity index (χ1v) is 9.32.